The topological polar surface area (TPSA) is 59.8 Å². The van der Waals surface area contributed by atoms with Crippen LogP contribution in [-0.2, 0) is 4.79 Å². The quantitative estimate of drug-likeness (QED) is 0.584. The molecule has 0 radical (unpaired) electrons. The van der Waals surface area contributed by atoms with Crippen LogP contribution in [0.5, 0.6) is 0 Å². The van der Waals surface area contributed by atoms with Crippen LogP contribution in [0.25, 0.3) is 28.1 Å². The van der Waals surface area contributed by atoms with Crippen molar-refractivity contribution >= 4 is 11.6 Å². The van der Waals surface area contributed by atoms with Crippen molar-refractivity contribution in [3.05, 3.63) is 85.1 Å². The molecule has 1 amide bonds. The molecule has 0 unspecified atom stereocenters. The van der Waals surface area contributed by atoms with Crippen LogP contribution < -0.4 is 5.32 Å². The number of nitrogens with zero attached hydrogens (tertiary/aromatic N) is 3. The van der Waals surface area contributed by atoms with Crippen molar-refractivity contribution in [2.45, 2.75) is 6.92 Å². The third-order valence-corrected chi connectivity index (χ3v) is 4.23. The molecule has 0 saturated carbocycles. The summed E-state index contributed by atoms with van der Waals surface area (Å²) in [6, 6.07) is 26.0. The highest BCUT2D eigenvalue weighted by Crippen LogP contribution is 2.24. The Morgan fingerprint density at radius 2 is 1.44 bits per heavy atom. The molecule has 4 aromatic rings. The molecule has 0 aliphatic rings. The molecule has 0 spiro atoms. The molecular weight excluding hydrogens is 336 g/mol. The summed E-state index contributed by atoms with van der Waals surface area (Å²) in [6.45, 7) is 1.49. The van der Waals surface area contributed by atoms with Crippen LogP contribution in [-0.4, -0.2) is 20.9 Å². The lowest BCUT2D eigenvalue weighted by Crippen LogP contribution is -2.05. The lowest BCUT2D eigenvalue weighted by molar-refractivity contribution is -0.114. The second kappa shape index (κ2) is 7.25. The number of nitrogens with one attached hydrogen (secondary N) is 1. The SMILES string of the molecule is CC(=O)Nc1ccc(-n2cc(-c3ccc(-c4ccccc4)cc3)nn2)cc1. The van der Waals surface area contributed by atoms with E-state index < -0.39 is 0 Å². The maximum atomic E-state index is 11.1. The largest absolute Gasteiger partial charge is 0.326 e. The molecule has 1 heterocycles. The highest BCUT2D eigenvalue weighted by atomic mass is 16.1. The van der Waals surface area contributed by atoms with E-state index in [2.05, 4.69) is 52.0 Å². The van der Waals surface area contributed by atoms with E-state index in [-0.39, 0.29) is 5.91 Å². The summed E-state index contributed by atoms with van der Waals surface area (Å²) in [4.78, 5) is 11.1. The van der Waals surface area contributed by atoms with E-state index in [1.807, 2.05) is 48.7 Å². The van der Waals surface area contributed by atoms with Crippen LogP contribution >= 0.6 is 0 Å². The highest BCUT2D eigenvalue weighted by molar-refractivity contribution is 5.88. The zero-order chi connectivity index (χ0) is 18.6. The molecule has 27 heavy (non-hydrogen) atoms. The summed E-state index contributed by atoms with van der Waals surface area (Å²) in [5, 5.41) is 11.2. The molecule has 3 aromatic carbocycles. The number of carbonyl (C=O) groups is 1. The number of carbonyl (C=O) groups excluding carboxylic acids is 1. The molecular formula is C22H18N4O. The van der Waals surface area contributed by atoms with Gasteiger partial charge in [-0.2, -0.15) is 0 Å². The number of anilines is 1. The lowest BCUT2D eigenvalue weighted by atomic mass is 10.0. The Morgan fingerprint density at radius 3 is 2.11 bits per heavy atom. The molecule has 5 nitrogen and oxygen atoms in total. The van der Waals surface area contributed by atoms with Gasteiger partial charge < -0.3 is 5.32 Å². The molecule has 0 atom stereocenters. The van der Waals surface area contributed by atoms with Crippen molar-refractivity contribution in [3.63, 3.8) is 0 Å². The van der Waals surface area contributed by atoms with Crippen LogP contribution in [0.15, 0.2) is 85.1 Å². The molecule has 4 rings (SSSR count). The van der Waals surface area contributed by atoms with Crippen molar-refractivity contribution in [3.8, 4) is 28.1 Å². The molecule has 1 N–H and O–H groups in total. The molecule has 132 valence electrons. The maximum Gasteiger partial charge on any atom is 0.221 e. The average Bonchev–Trinajstić information content (AvgIpc) is 3.19. The van der Waals surface area contributed by atoms with Crippen molar-refractivity contribution < 1.29 is 4.79 Å². The zero-order valence-corrected chi connectivity index (χ0v) is 14.8. The smallest absolute Gasteiger partial charge is 0.221 e. The second-order valence-electron chi connectivity index (χ2n) is 6.22. The van der Waals surface area contributed by atoms with Crippen LogP contribution in [0, 0.1) is 0 Å². The van der Waals surface area contributed by atoms with Crippen molar-refractivity contribution in [1.82, 2.24) is 15.0 Å². The van der Waals surface area contributed by atoms with E-state index in [1.165, 1.54) is 18.1 Å². The van der Waals surface area contributed by atoms with Crippen LogP contribution in [0.1, 0.15) is 6.92 Å². The van der Waals surface area contributed by atoms with Crippen LogP contribution in [0.2, 0.25) is 0 Å². The molecule has 0 saturated heterocycles. The van der Waals surface area contributed by atoms with Gasteiger partial charge in [-0.3, -0.25) is 4.79 Å². The van der Waals surface area contributed by atoms with Gasteiger partial charge in [0.05, 0.1) is 11.9 Å². The number of hydrogen-bond acceptors (Lipinski definition) is 3. The minimum atomic E-state index is -0.0928. The molecule has 0 aliphatic heterocycles. The first-order valence-corrected chi connectivity index (χ1v) is 8.65. The summed E-state index contributed by atoms with van der Waals surface area (Å²) >= 11 is 0. The zero-order valence-electron chi connectivity index (χ0n) is 14.8. The number of amides is 1. The van der Waals surface area contributed by atoms with Gasteiger partial charge in [0, 0.05) is 18.2 Å². The van der Waals surface area contributed by atoms with Gasteiger partial charge in [0.25, 0.3) is 0 Å². The van der Waals surface area contributed by atoms with Gasteiger partial charge in [0.2, 0.25) is 5.91 Å². The van der Waals surface area contributed by atoms with Gasteiger partial charge in [-0.15, -0.1) is 5.10 Å². The predicted molar refractivity (Wildman–Crippen MR) is 107 cm³/mol. The minimum Gasteiger partial charge on any atom is -0.326 e. The van der Waals surface area contributed by atoms with E-state index in [4.69, 9.17) is 0 Å². The van der Waals surface area contributed by atoms with E-state index >= 15 is 0 Å². The van der Waals surface area contributed by atoms with E-state index in [1.54, 1.807) is 4.68 Å². The van der Waals surface area contributed by atoms with Crippen molar-refractivity contribution in [2.24, 2.45) is 0 Å². The first-order chi connectivity index (χ1) is 13.2. The Morgan fingerprint density at radius 1 is 0.815 bits per heavy atom. The van der Waals surface area contributed by atoms with Gasteiger partial charge in [-0.05, 0) is 35.4 Å². The monoisotopic (exact) mass is 354 g/mol. The Bertz CT molecular complexity index is 1050. The maximum absolute atomic E-state index is 11.1. The molecule has 1 aromatic heterocycles. The summed E-state index contributed by atoms with van der Waals surface area (Å²) < 4.78 is 1.72. The Kier molecular flexibility index (Phi) is 4.49. The Hall–Kier alpha value is -3.73. The number of rotatable bonds is 4. The Balaban J connectivity index is 1.55. The molecule has 0 fully saturated rings. The van der Waals surface area contributed by atoms with E-state index in [0.717, 1.165) is 22.6 Å². The summed E-state index contributed by atoms with van der Waals surface area (Å²) in [7, 11) is 0. The number of hydrogen-bond donors (Lipinski definition) is 1. The third kappa shape index (κ3) is 3.77. The fourth-order valence-electron chi connectivity index (χ4n) is 2.89. The lowest BCUT2D eigenvalue weighted by Gasteiger charge is -2.04. The molecule has 0 bridgehead atoms. The minimum absolute atomic E-state index is 0.0928. The van der Waals surface area contributed by atoms with Gasteiger partial charge in [-0.25, -0.2) is 4.68 Å². The first-order valence-electron chi connectivity index (χ1n) is 8.65. The van der Waals surface area contributed by atoms with Crippen molar-refractivity contribution in [1.29, 1.82) is 0 Å². The first kappa shape index (κ1) is 16.7. The highest BCUT2D eigenvalue weighted by Gasteiger charge is 2.06. The van der Waals surface area contributed by atoms with Crippen LogP contribution in [0.3, 0.4) is 0 Å². The van der Waals surface area contributed by atoms with Crippen LogP contribution in [0.4, 0.5) is 5.69 Å². The van der Waals surface area contributed by atoms with Gasteiger partial charge in [-0.1, -0.05) is 59.8 Å². The number of benzene rings is 3. The third-order valence-electron chi connectivity index (χ3n) is 4.23. The predicted octanol–water partition coefficient (Wildman–Crippen LogP) is 4.56. The summed E-state index contributed by atoms with van der Waals surface area (Å²) in [5.41, 5.74) is 5.80. The van der Waals surface area contributed by atoms with Gasteiger partial charge in [0.15, 0.2) is 0 Å². The van der Waals surface area contributed by atoms with Crippen molar-refractivity contribution in [2.75, 3.05) is 5.32 Å². The summed E-state index contributed by atoms with van der Waals surface area (Å²) in [6.07, 6.45) is 1.89. The average molecular weight is 354 g/mol. The molecule has 0 aliphatic carbocycles. The number of aromatic nitrogens is 3. The fourth-order valence-corrected chi connectivity index (χ4v) is 2.89. The molecule has 5 heteroatoms. The standard InChI is InChI=1S/C22H18N4O/c1-16(27)23-20-11-13-21(14-12-20)26-15-22(24-25-26)19-9-7-18(8-10-19)17-5-3-2-4-6-17/h2-15H,1H3,(H,23,27). The van der Waals surface area contributed by atoms with Gasteiger partial charge in [0.1, 0.15) is 5.69 Å². The van der Waals surface area contributed by atoms with Gasteiger partial charge >= 0.3 is 0 Å². The Labute approximate surface area is 157 Å². The second-order valence-corrected chi connectivity index (χ2v) is 6.22. The summed E-state index contributed by atoms with van der Waals surface area (Å²) in [5.74, 6) is -0.0928. The van der Waals surface area contributed by atoms with E-state index in [9.17, 15) is 4.79 Å². The fraction of sp³-hybridized carbons (Fsp3) is 0.0455. The van der Waals surface area contributed by atoms with E-state index in [0.29, 0.717) is 0 Å². The normalized spacial score (nSPS) is 10.6.